The lowest BCUT2D eigenvalue weighted by Gasteiger charge is -2.01. The molecule has 1 N–H and O–H groups in total. The van der Waals surface area contributed by atoms with Crippen LogP contribution < -0.4 is 4.74 Å². The zero-order chi connectivity index (χ0) is 12.5. The summed E-state index contributed by atoms with van der Waals surface area (Å²) in [5.41, 5.74) is 2.52. The van der Waals surface area contributed by atoms with Gasteiger partial charge in [-0.05, 0) is 28.1 Å². The van der Waals surface area contributed by atoms with Crippen LogP contribution in [0.15, 0.2) is 35.1 Å². The molecule has 0 aliphatic heterocycles. The van der Waals surface area contributed by atoms with E-state index in [1.165, 1.54) is 0 Å². The number of nitrogens with zero attached hydrogens (tertiary/aromatic N) is 3. The van der Waals surface area contributed by atoms with E-state index in [0.717, 1.165) is 21.1 Å². The molecule has 0 spiro atoms. The highest BCUT2D eigenvalue weighted by molar-refractivity contribution is 9.10. The molecular formula is C12H9BrN4O. The van der Waals surface area contributed by atoms with E-state index in [1.807, 2.05) is 18.2 Å². The van der Waals surface area contributed by atoms with Crippen molar-refractivity contribution in [3.8, 4) is 17.1 Å². The third kappa shape index (κ3) is 1.84. The fourth-order valence-electron chi connectivity index (χ4n) is 1.74. The Hall–Kier alpha value is -1.95. The molecule has 3 rings (SSSR count). The molecule has 0 fully saturated rings. The molecule has 3 heterocycles. The number of aromatic amines is 1. The molecule has 18 heavy (non-hydrogen) atoms. The van der Waals surface area contributed by atoms with E-state index in [2.05, 4.69) is 36.1 Å². The molecule has 0 aliphatic rings. The van der Waals surface area contributed by atoms with Gasteiger partial charge in [-0.25, -0.2) is 9.97 Å². The van der Waals surface area contributed by atoms with E-state index in [-0.39, 0.29) is 0 Å². The first-order chi connectivity index (χ1) is 8.78. The van der Waals surface area contributed by atoms with E-state index in [1.54, 1.807) is 19.5 Å². The summed E-state index contributed by atoms with van der Waals surface area (Å²) in [5.74, 6) is 0.585. The number of fused-ring (bicyclic) bond motifs is 1. The molecule has 0 bridgehead atoms. The lowest BCUT2D eigenvalue weighted by atomic mass is 10.1. The van der Waals surface area contributed by atoms with Gasteiger partial charge in [0.1, 0.15) is 0 Å². The summed E-state index contributed by atoms with van der Waals surface area (Å²) >= 11 is 3.41. The second-order valence-corrected chi connectivity index (χ2v) is 4.63. The number of hydrogen-bond donors (Lipinski definition) is 1. The van der Waals surface area contributed by atoms with E-state index in [0.29, 0.717) is 11.5 Å². The minimum absolute atomic E-state index is 0.585. The summed E-state index contributed by atoms with van der Waals surface area (Å²) in [4.78, 5) is 8.41. The molecular weight excluding hydrogens is 296 g/mol. The molecule has 0 saturated heterocycles. The van der Waals surface area contributed by atoms with Crippen molar-refractivity contribution in [2.24, 2.45) is 0 Å². The maximum Gasteiger partial charge on any atom is 0.212 e. The van der Waals surface area contributed by atoms with Crippen LogP contribution in [0.4, 0.5) is 0 Å². The van der Waals surface area contributed by atoms with Crippen molar-refractivity contribution in [3.63, 3.8) is 0 Å². The Balaban J connectivity index is 2.15. The summed E-state index contributed by atoms with van der Waals surface area (Å²) in [6.45, 7) is 0. The predicted octanol–water partition coefficient (Wildman–Crippen LogP) is 2.79. The van der Waals surface area contributed by atoms with Gasteiger partial charge < -0.3 is 4.74 Å². The molecule has 0 atom stereocenters. The number of H-pyrrole nitrogens is 1. The van der Waals surface area contributed by atoms with Gasteiger partial charge in [0.15, 0.2) is 5.65 Å². The van der Waals surface area contributed by atoms with Gasteiger partial charge in [0.2, 0.25) is 5.88 Å². The van der Waals surface area contributed by atoms with Crippen molar-refractivity contribution in [2.45, 2.75) is 0 Å². The normalized spacial score (nSPS) is 10.8. The maximum atomic E-state index is 5.04. The Bertz CT molecular complexity index is 693. The molecule has 3 aromatic rings. The zero-order valence-corrected chi connectivity index (χ0v) is 11.1. The SMILES string of the molecule is COc1ccc(-c2[nH]nc3ncc(Br)cc23)cn1. The second kappa shape index (κ2) is 4.38. The molecule has 0 aromatic carbocycles. The number of methoxy groups -OCH3 is 1. The van der Waals surface area contributed by atoms with Crippen molar-refractivity contribution < 1.29 is 4.74 Å². The number of halogens is 1. The van der Waals surface area contributed by atoms with Gasteiger partial charge in [0.25, 0.3) is 0 Å². The molecule has 6 heteroatoms. The van der Waals surface area contributed by atoms with Gasteiger partial charge in [0, 0.05) is 33.9 Å². The van der Waals surface area contributed by atoms with Crippen molar-refractivity contribution in [3.05, 3.63) is 35.1 Å². The van der Waals surface area contributed by atoms with Crippen LogP contribution in [-0.2, 0) is 0 Å². The van der Waals surface area contributed by atoms with Crippen molar-refractivity contribution in [1.29, 1.82) is 0 Å². The molecule has 0 saturated carbocycles. The first-order valence-electron chi connectivity index (χ1n) is 5.28. The number of hydrogen-bond acceptors (Lipinski definition) is 4. The molecule has 0 aliphatic carbocycles. The number of aromatic nitrogens is 4. The topological polar surface area (TPSA) is 63.7 Å². The third-order valence-corrected chi connectivity index (χ3v) is 3.04. The average Bonchev–Trinajstić information content (AvgIpc) is 2.82. The van der Waals surface area contributed by atoms with E-state index in [4.69, 9.17) is 4.74 Å². The standard InChI is InChI=1S/C12H9BrN4O/c1-18-10-3-2-7(5-14-10)11-9-4-8(13)6-15-12(9)17-16-11/h2-6H,1H3,(H,15,16,17). The Morgan fingerprint density at radius 3 is 2.83 bits per heavy atom. The van der Waals surface area contributed by atoms with Crippen LogP contribution in [0.25, 0.3) is 22.3 Å². The van der Waals surface area contributed by atoms with Gasteiger partial charge >= 0.3 is 0 Å². The van der Waals surface area contributed by atoms with Crippen molar-refractivity contribution in [2.75, 3.05) is 7.11 Å². The van der Waals surface area contributed by atoms with Crippen LogP contribution in [0.3, 0.4) is 0 Å². The highest BCUT2D eigenvalue weighted by Gasteiger charge is 2.09. The number of rotatable bonds is 2. The molecule has 0 amide bonds. The number of pyridine rings is 2. The lowest BCUT2D eigenvalue weighted by Crippen LogP contribution is -1.87. The van der Waals surface area contributed by atoms with Crippen molar-refractivity contribution in [1.82, 2.24) is 20.2 Å². The molecule has 90 valence electrons. The molecule has 0 unspecified atom stereocenters. The average molecular weight is 305 g/mol. The van der Waals surface area contributed by atoms with Gasteiger partial charge in [-0.3, -0.25) is 5.10 Å². The summed E-state index contributed by atoms with van der Waals surface area (Å²) in [6.07, 6.45) is 3.46. The third-order valence-electron chi connectivity index (χ3n) is 2.61. The van der Waals surface area contributed by atoms with Crippen molar-refractivity contribution >= 4 is 27.0 Å². The fraction of sp³-hybridized carbons (Fsp3) is 0.0833. The first-order valence-corrected chi connectivity index (χ1v) is 6.07. The summed E-state index contributed by atoms with van der Waals surface area (Å²) in [5, 5.41) is 8.10. The second-order valence-electron chi connectivity index (χ2n) is 3.71. The van der Waals surface area contributed by atoms with E-state index < -0.39 is 0 Å². The van der Waals surface area contributed by atoms with Gasteiger partial charge in [-0.2, -0.15) is 5.10 Å². The summed E-state index contributed by atoms with van der Waals surface area (Å²) in [7, 11) is 1.59. The van der Waals surface area contributed by atoms with E-state index in [9.17, 15) is 0 Å². The minimum Gasteiger partial charge on any atom is -0.481 e. The molecule has 3 aromatic heterocycles. The Morgan fingerprint density at radius 1 is 1.22 bits per heavy atom. The monoisotopic (exact) mass is 304 g/mol. The van der Waals surface area contributed by atoms with Gasteiger partial charge in [-0.1, -0.05) is 0 Å². The quantitative estimate of drug-likeness (QED) is 0.791. The van der Waals surface area contributed by atoms with Crippen LogP contribution in [0.2, 0.25) is 0 Å². The highest BCUT2D eigenvalue weighted by atomic mass is 79.9. The van der Waals surface area contributed by atoms with Crippen LogP contribution >= 0.6 is 15.9 Å². The zero-order valence-electron chi connectivity index (χ0n) is 9.51. The largest absolute Gasteiger partial charge is 0.481 e. The minimum atomic E-state index is 0.585. The van der Waals surface area contributed by atoms with Gasteiger partial charge in [-0.15, -0.1) is 0 Å². The lowest BCUT2D eigenvalue weighted by molar-refractivity contribution is 0.398. The summed E-state index contributed by atoms with van der Waals surface area (Å²) < 4.78 is 5.95. The number of nitrogens with one attached hydrogen (secondary N) is 1. The smallest absolute Gasteiger partial charge is 0.212 e. The van der Waals surface area contributed by atoms with Crippen LogP contribution in [0, 0.1) is 0 Å². The van der Waals surface area contributed by atoms with Crippen LogP contribution in [-0.4, -0.2) is 27.3 Å². The van der Waals surface area contributed by atoms with Crippen LogP contribution in [0.1, 0.15) is 0 Å². The van der Waals surface area contributed by atoms with Crippen LogP contribution in [0.5, 0.6) is 5.88 Å². The predicted molar refractivity (Wildman–Crippen MR) is 71.4 cm³/mol. The van der Waals surface area contributed by atoms with E-state index >= 15 is 0 Å². The maximum absolute atomic E-state index is 5.04. The number of ether oxygens (including phenoxy) is 1. The molecule has 0 radical (unpaired) electrons. The Kier molecular flexibility index (Phi) is 2.71. The highest BCUT2D eigenvalue weighted by Crippen LogP contribution is 2.27. The first kappa shape index (κ1) is 11.2. The van der Waals surface area contributed by atoms with Gasteiger partial charge in [0.05, 0.1) is 12.8 Å². The Labute approximate surface area is 111 Å². The fourth-order valence-corrected chi connectivity index (χ4v) is 2.07. The Morgan fingerprint density at radius 2 is 2.11 bits per heavy atom. The molecule has 5 nitrogen and oxygen atoms in total. The summed E-state index contributed by atoms with van der Waals surface area (Å²) in [6, 6.07) is 5.72.